The molecule has 0 aliphatic heterocycles. The molecule has 12 heavy (non-hydrogen) atoms. The Morgan fingerprint density at radius 2 is 2.00 bits per heavy atom. The lowest BCUT2D eigenvalue weighted by Gasteiger charge is -2.38. The van der Waals surface area contributed by atoms with Crippen LogP contribution in [0.5, 0.6) is 0 Å². The molecule has 0 heterocycles. The summed E-state index contributed by atoms with van der Waals surface area (Å²) in [4.78, 5) is 0. The highest BCUT2D eigenvalue weighted by atomic mass is 16.3. The highest BCUT2D eigenvalue weighted by Crippen LogP contribution is 2.41. The maximum Gasteiger partial charge on any atom is 0.0543 e. The van der Waals surface area contributed by atoms with Gasteiger partial charge in [0.15, 0.2) is 0 Å². The predicted octanol–water partition coefficient (Wildman–Crippen LogP) is 2.50. The monoisotopic (exact) mass is 166 g/mol. The largest absolute Gasteiger partial charge is 0.393 e. The zero-order valence-corrected chi connectivity index (χ0v) is 7.63. The van der Waals surface area contributed by atoms with Gasteiger partial charge in [0.1, 0.15) is 0 Å². The smallest absolute Gasteiger partial charge is 0.0543 e. The van der Waals surface area contributed by atoms with Crippen LogP contribution in [-0.2, 0) is 0 Å². The molecule has 0 bridgehead atoms. The molecule has 1 heteroatoms. The van der Waals surface area contributed by atoms with Gasteiger partial charge in [-0.2, -0.15) is 0 Å². The Kier molecular flexibility index (Phi) is 2.22. The molecule has 0 saturated heterocycles. The first-order valence-corrected chi connectivity index (χ1v) is 5.10. The molecule has 0 aromatic heterocycles. The van der Waals surface area contributed by atoms with Crippen LogP contribution in [0.1, 0.15) is 38.5 Å². The standard InChI is InChI=1S/C11H18O/c1-8-2-3-10-7-11(12)5-4-9(10)6-8/h9-12H,1-7H2. The van der Waals surface area contributed by atoms with Crippen LogP contribution in [0.3, 0.4) is 0 Å². The van der Waals surface area contributed by atoms with Gasteiger partial charge in [-0.15, -0.1) is 0 Å². The van der Waals surface area contributed by atoms with Crippen LogP contribution in [0.15, 0.2) is 12.2 Å². The number of aliphatic hydroxyl groups is 1. The minimum atomic E-state index is -0.00221. The molecular formula is C11H18O. The van der Waals surface area contributed by atoms with Crippen molar-refractivity contribution in [3.8, 4) is 0 Å². The van der Waals surface area contributed by atoms with Crippen molar-refractivity contribution < 1.29 is 5.11 Å². The second-order valence-corrected chi connectivity index (χ2v) is 4.48. The second kappa shape index (κ2) is 3.21. The summed E-state index contributed by atoms with van der Waals surface area (Å²) in [5.41, 5.74) is 1.44. The zero-order chi connectivity index (χ0) is 8.55. The van der Waals surface area contributed by atoms with Crippen LogP contribution in [0.25, 0.3) is 0 Å². The first-order chi connectivity index (χ1) is 5.75. The van der Waals surface area contributed by atoms with E-state index in [0.29, 0.717) is 0 Å². The molecule has 68 valence electrons. The number of allylic oxidation sites excluding steroid dienone is 1. The van der Waals surface area contributed by atoms with Crippen molar-refractivity contribution in [3.05, 3.63) is 12.2 Å². The van der Waals surface area contributed by atoms with Crippen molar-refractivity contribution in [2.24, 2.45) is 11.8 Å². The first kappa shape index (κ1) is 8.31. The maximum atomic E-state index is 9.49. The topological polar surface area (TPSA) is 20.2 Å². The third kappa shape index (κ3) is 1.56. The van der Waals surface area contributed by atoms with Crippen LogP contribution < -0.4 is 0 Å². The van der Waals surface area contributed by atoms with E-state index in [9.17, 15) is 5.11 Å². The minimum Gasteiger partial charge on any atom is -0.393 e. The highest BCUT2D eigenvalue weighted by Gasteiger charge is 2.32. The van der Waals surface area contributed by atoms with Crippen LogP contribution >= 0.6 is 0 Å². The molecular weight excluding hydrogens is 148 g/mol. The van der Waals surface area contributed by atoms with Crippen molar-refractivity contribution in [1.82, 2.24) is 0 Å². The SMILES string of the molecule is C=C1CCC2CC(O)CCC2C1. The van der Waals surface area contributed by atoms with E-state index in [4.69, 9.17) is 0 Å². The van der Waals surface area contributed by atoms with E-state index in [1.807, 2.05) is 0 Å². The molecule has 0 aromatic rings. The van der Waals surface area contributed by atoms with E-state index in [1.54, 1.807) is 0 Å². The van der Waals surface area contributed by atoms with Gasteiger partial charge in [-0.25, -0.2) is 0 Å². The third-order valence-electron chi connectivity index (χ3n) is 3.53. The highest BCUT2D eigenvalue weighted by molar-refractivity contribution is 5.02. The molecule has 0 amide bonds. The summed E-state index contributed by atoms with van der Waals surface area (Å²) in [6.45, 7) is 4.06. The Morgan fingerprint density at radius 3 is 2.83 bits per heavy atom. The van der Waals surface area contributed by atoms with E-state index in [0.717, 1.165) is 24.7 Å². The van der Waals surface area contributed by atoms with E-state index < -0.39 is 0 Å². The van der Waals surface area contributed by atoms with Gasteiger partial charge in [-0.3, -0.25) is 0 Å². The molecule has 1 nitrogen and oxygen atoms in total. The van der Waals surface area contributed by atoms with Crippen molar-refractivity contribution in [1.29, 1.82) is 0 Å². The van der Waals surface area contributed by atoms with Gasteiger partial charge in [-0.05, 0) is 50.4 Å². The summed E-state index contributed by atoms with van der Waals surface area (Å²) in [6, 6.07) is 0. The van der Waals surface area contributed by atoms with Crippen LogP contribution in [0.2, 0.25) is 0 Å². The Hall–Kier alpha value is -0.300. The van der Waals surface area contributed by atoms with Gasteiger partial charge in [-0.1, -0.05) is 12.2 Å². The number of aliphatic hydroxyl groups excluding tert-OH is 1. The summed E-state index contributed by atoms with van der Waals surface area (Å²) < 4.78 is 0. The second-order valence-electron chi connectivity index (χ2n) is 4.48. The number of hydrogen-bond acceptors (Lipinski definition) is 1. The molecule has 2 aliphatic rings. The Labute approximate surface area is 74.5 Å². The third-order valence-corrected chi connectivity index (χ3v) is 3.53. The van der Waals surface area contributed by atoms with Gasteiger partial charge in [0.25, 0.3) is 0 Å². The van der Waals surface area contributed by atoms with Crippen molar-refractivity contribution >= 4 is 0 Å². The fraction of sp³-hybridized carbons (Fsp3) is 0.818. The molecule has 0 aromatic carbocycles. The Balaban J connectivity index is 1.98. The summed E-state index contributed by atoms with van der Waals surface area (Å²) in [5.74, 6) is 1.66. The molecule has 2 saturated carbocycles. The normalized spacial score (nSPS) is 42.4. The number of rotatable bonds is 0. The summed E-state index contributed by atoms with van der Waals surface area (Å²) >= 11 is 0. The molecule has 0 radical (unpaired) electrons. The van der Waals surface area contributed by atoms with Crippen molar-refractivity contribution in [2.75, 3.05) is 0 Å². The molecule has 2 rings (SSSR count). The van der Waals surface area contributed by atoms with Gasteiger partial charge in [0.2, 0.25) is 0 Å². The predicted molar refractivity (Wildman–Crippen MR) is 49.8 cm³/mol. The lowest BCUT2D eigenvalue weighted by Crippen LogP contribution is -2.30. The van der Waals surface area contributed by atoms with Gasteiger partial charge in [0, 0.05) is 0 Å². The van der Waals surface area contributed by atoms with Crippen molar-refractivity contribution in [2.45, 2.75) is 44.6 Å². The Morgan fingerprint density at radius 1 is 1.17 bits per heavy atom. The maximum absolute atomic E-state index is 9.49. The fourth-order valence-electron chi connectivity index (χ4n) is 2.79. The van der Waals surface area contributed by atoms with E-state index in [-0.39, 0.29) is 6.10 Å². The average Bonchev–Trinajstić information content (AvgIpc) is 2.05. The first-order valence-electron chi connectivity index (χ1n) is 5.10. The van der Waals surface area contributed by atoms with Crippen LogP contribution in [-0.4, -0.2) is 11.2 Å². The number of hydrogen-bond donors (Lipinski definition) is 1. The average molecular weight is 166 g/mol. The lowest BCUT2D eigenvalue weighted by atomic mass is 9.69. The van der Waals surface area contributed by atoms with Crippen molar-refractivity contribution in [3.63, 3.8) is 0 Å². The quantitative estimate of drug-likeness (QED) is 0.548. The summed E-state index contributed by atoms with van der Waals surface area (Å²) in [6.07, 6.45) is 7.01. The summed E-state index contributed by atoms with van der Waals surface area (Å²) in [5, 5.41) is 9.49. The van der Waals surface area contributed by atoms with Crippen LogP contribution in [0.4, 0.5) is 0 Å². The molecule has 2 aliphatic carbocycles. The van der Waals surface area contributed by atoms with E-state index >= 15 is 0 Å². The van der Waals surface area contributed by atoms with E-state index in [1.165, 1.54) is 31.3 Å². The molecule has 1 N–H and O–H groups in total. The number of fused-ring (bicyclic) bond motifs is 1. The van der Waals surface area contributed by atoms with Gasteiger partial charge in [0.05, 0.1) is 6.10 Å². The Bertz CT molecular complexity index is 185. The minimum absolute atomic E-state index is 0.00221. The van der Waals surface area contributed by atoms with E-state index in [2.05, 4.69) is 6.58 Å². The van der Waals surface area contributed by atoms with Gasteiger partial charge < -0.3 is 5.11 Å². The molecule has 0 spiro atoms. The fourth-order valence-corrected chi connectivity index (χ4v) is 2.79. The molecule has 3 unspecified atom stereocenters. The van der Waals surface area contributed by atoms with Crippen LogP contribution in [0, 0.1) is 11.8 Å². The van der Waals surface area contributed by atoms with Gasteiger partial charge >= 0.3 is 0 Å². The summed E-state index contributed by atoms with van der Waals surface area (Å²) in [7, 11) is 0. The zero-order valence-electron chi connectivity index (χ0n) is 7.63. The molecule has 2 fully saturated rings. The molecule has 3 atom stereocenters. The lowest BCUT2D eigenvalue weighted by molar-refractivity contribution is 0.0580.